The predicted octanol–water partition coefficient (Wildman–Crippen LogP) is -0.682. The summed E-state index contributed by atoms with van der Waals surface area (Å²) in [5.41, 5.74) is 1.05. The summed E-state index contributed by atoms with van der Waals surface area (Å²) in [4.78, 5) is 11.3. The number of carbonyl (C=O) groups excluding carboxylic acids is 1. The summed E-state index contributed by atoms with van der Waals surface area (Å²) in [5.74, 6) is 0.103. The molecule has 0 aliphatic carbocycles. The number of hydrogen-bond donors (Lipinski definition) is 4. The zero-order chi connectivity index (χ0) is 16.3. The van der Waals surface area contributed by atoms with E-state index in [9.17, 15) is 20.1 Å². The van der Waals surface area contributed by atoms with Crippen molar-refractivity contribution >= 4 is 5.91 Å². The van der Waals surface area contributed by atoms with Crippen LogP contribution in [0.3, 0.4) is 0 Å². The summed E-state index contributed by atoms with van der Waals surface area (Å²) in [5, 5.41) is 31.8. The third-order valence-corrected chi connectivity index (χ3v) is 3.52. The Morgan fingerprint density at radius 2 is 1.91 bits per heavy atom. The Morgan fingerprint density at radius 1 is 1.27 bits per heavy atom. The monoisotopic (exact) mass is 311 g/mol. The molecule has 0 aromatic heterocycles. The van der Waals surface area contributed by atoms with Gasteiger partial charge in [0.2, 0.25) is 12.2 Å². The Bertz CT molecular complexity index is 505. The van der Waals surface area contributed by atoms with Crippen molar-refractivity contribution in [2.45, 2.75) is 44.5 Å². The highest BCUT2D eigenvalue weighted by molar-refractivity contribution is 5.73. The van der Waals surface area contributed by atoms with Crippen LogP contribution in [0, 0.1) is 6.92 Å². The average Bonchev–Trinajstić information content (AvgIpc) is 2.48. The van der Waals surface area contributed by atoms with E-state index < -0.39 is 37.3 Å². The van der Waals surface area contributed by atoms with Crippen molar-refractivity contribution in [1.82, 2.24) is 5.32 Å². The first-order valence-corrected chi connectivity index (χ1v) is 7.05. The number of ether oxygens (including phenoxy) is 2. The second-order valence-electron chi connectivity index (χ2n) is 5.36. The normalized spacial score (nSPS) is 31.6. The molecule has 0 spiro atoms. The van der Waals surface area contributed by atoms with Gasteiger partial charge >= 0.3 is 0 Å². The van der Waals surface area contributed by atoms with E-state index >= 15 is 0 Å². The number of amides is 1. The molecule has 0 saturated carbocycles. The summed E-state index contributed by atoms with van der Waals surface area (Å²) in [6, 6.07) is 6.21. The van der Waals surface area contributed by atoms with Crippen LogP contribution in [0.1, 0.15) is 12.5 Å². The van der Waals surface area contributed by atoms with Crippen LogP contribution in [0.2, 0.25) is 0 Å². The van der Waals surface area contributed by atoms with Gasteiger partial charge in [0, 0.05) is 6.92 Å². The van der Waals surface area contributed by atoms with Gasteiger partial charge in [-0.05, 0) is 19.1 Å². The minimum absolute atomic E-state index is 0.389. The Morgan fingerprint density at radius 3 is 2.45 bits per heavy atom. The minimum atomic E-state index is -1.32. The molecule has 7 nitrogen and oxygen atoms in total. The van der Waals surface area contributed by atoms with Crippen molar-refractivity contribution in [3.05, 3.63) is 29.8 Å². The standard InChI is InChI=1S/C15H21NO6/c1-8-3-5-10(6-4-8)21-15-12(16-9(2)18)14(20)13(19)11(7-17)22-15/h3-6,11-15,17,19-20H,7H2,1-2H3,(H,16,18)/t11-,12+,13+,14-,15-/m1/s1. The summed E-state index contributed by atoms with van der Waals surface area (Å²) in [6.07, 6.45) is -4.65. The number of aryl methyl sites for hydroxylation is 1. The van der Waals surface area contributed by atoms with Crippen molar-refractivity contribution in [3.63, 3.8) is 0 Å². The number of hydrogen-bond acceptors (Lipinski definition) is 6. The van der Waals surface area contributed by atoms with Gasteiger partial charge in [-0.3, -0.25) is 4.79 Å². The van der Waals surface area contributed by atoms with Gasteiger partial charge in [0.05, 0.1) is 6.61 Å². The van der Waals surface area contributed by atoms with Gasteiger partial charge in [-0.25, -0.2) is 0 Å². The van der Waals surface area contributed by atoms with E-state index in [4.69, 9.17) is 9.47 Å². The molecule has 1 amide bonds. The van der Waals surface area contributed by atoms with Crippen molar-refractivity contribution in [1.29, 1.82) is 0 Å². The largest absolute Gasteiger partial charge is 0.463 e. The Kier molecular flexibility index (Phi) is 5.36. The van der Waals surface area contributed by atoms with Crippen LogP contribution in [0.5, 0.6) is 5.75 Å². The van der Waals surface area contributed by atoms with Gasteiger partial charge in [-0.2, -0.15) is 0 Å². The van der Waals surface area contributed by atoms with Crippen LogP contribution >= 0.6 is 0 Å². The lowest BCUT2D eigenvalue weighted by molar-refractivity contribution is -0.244. The number of benzene rings is 1. The molecule has 1 aliphatic heterocycles. The number of aliphatic hydroxyl groups is 3. The molecular weight excluding hydrogens is 290 g/mol. The van der Waals surface area contributed by atoms with E-state index in [1.807, 2.05) is 19.1 Å². The summed E-state index contributed by atoms with van der Waals surface area (Å²) in [7, 11) is 0. The summed E-state index contributed by atoms with van der Waals surface area (Å²) >= 11 is 0. The van der Waals surface area contributed by atoms with Gasteiger partial charge in [-0.1, -0.05) is 17.7 Å². The van der Waals surface area contributed by atoms with E-state index in [1.165, 1.54) is 6.92 Å². The Hall–Kier alpha value is -1.67. The number of aliphatic hydroxyl groups excluding tert-OH is 3. The molecule has 4 N–H and O–H groups in total. The van der Waals surface area contributed by atoms with Crippen LogP contribution in [0.4, 0.5) is 0 Å². The molecule has 0 bridgehead atoms. The van der Waals surface area contributed by atoms with E-state index in [2.05, 4.69) is 5.32 Å². The quantitative estimate of drug-likeness (QED) is 0.587. The van der Waals surface area contributed by atoms with Crippen molar-refractivity contribution in [2.75, 3.05) is 6.61 Å². The molecule has 1 saturated heterocycles. The van der Waals surface area contributed by atoms with Gasteiger partial charge in [-0.15, -0.1) is 0 Å². The fourth-order valence-electron chi connectivity index (χ4n) is 2.32. The first-order valence-electron chi connectivity index (χ1n) is 7.05. The second kappa shape index (κ2) is 7.06. The molecule has 1 aromatic carbocycles. The molecule has 122 valence electrons. The van der Waals surface area contributed by atoms with Gasteiger partial charge in [0.25, 0.3) is 0 Å². The van der Waals surface area contributed by atoms with Crippen LogP contribution in [-0.2, 0) is 9.53 Å². The third kappa shape index (κ3) is 3.75. The highest BCUT2D eigenvalue weighted by atomic mass is 16.7. The van der Waals surface area contributed by atoms with Gasteiger partial charge < -0.3 is 30.1 Å². The maximum atomic E-state index is 11.3. The van der Waals surface area contributed by atoms with Crippen molar-refractivity contribution < 1.29 is 29.6 Å². The van der Waals surface area contributed by atoms with Crippen molar-refractivity contribution in [3.8, 4) is 5.75 Å². The second-order valence-corrected chi connectivity index (χ2v) is 5.36. The molecule has 1 aliphatic rings. The Labute approximate surface area is 128 Å². The molecule has 5 atom stereocenters. The van der Waals surface area contributed by atoms with Crippen LogP contribution in [-0.4, -0.2) is 58.5 Å². The van der Waals surface area contributed by atoms with E-state index in [-0.39, 0.29) is 5.91 Å². The van der Waals surface area contributed by atoms with Crippen LogP contribution in [0.25, 0.3) is 0 Å². The van der Waals surface area contributed by atoms with Crippen molar-refractivity contribution in [2.24, 2.45) is 0 Å². The molecule has 0 unspecified atom stereocenters. The smallest absolute Gasteiger partial charge is 0.223 e. The zero-order valence-electron chi connectivity index (χ0n) is 12.5. The fraction of sp³-hybridized carbons (Fsp3) is 0.533. The van der Waals surface area contributed by atoms with E-state index in [0.717, 1.165) is 5.56 Å². The number of rotatable bonds is 4. The molecule has 2 rings (SSSR count). The first-order chi connectivity index (χ1) is 10.4. The predicted molar refractivity (Wildman–Crippen MR) is 77.2 cm³/mol. The highest BCUT2D eigenvalue weighted by Gasteiger charge is 2.46. The van der Waals surface area contributed by atoms with Gasteiger partial charge in [0.15, 0.2) is 0 Å². The molecule has 22 heavy (non-hydrogen) atoms. The maximum Gasteiger partial charge on any atom is 0.223 e. The SMILES string of the molecule is CC(=O)N[C@@H]1[C@H](Oc2ccc(C)cc2)O[C@H](CO)[C@H](O)[C@@H]1O. The van der Waals surface area contributed by atoms with E-state index in [1.54, 1.807) is 12.1 Å². The number of nitrogens with one attached hydrogen (secondary N) is 1. The average molecular weight is 311 g/mol. The molecule has 0 radical (unpaired) electrons. The van der Waals surface area contributed by atoms with Crippen LogP contribution in [0.15, 0.2) is 24.3 Å². The highest BCUT2D eigenvalue weighted by Crippen LogP contribution is 2.24. The molecule has 1 heterocycles. The zero-order valence-corrected chi connectivity index (χ0v) is 12.5. The maximum absolute atomic E-state index is 11.3. The molecule has 7 heteroatoms. The summed E-state index contributed by atoms with van der Waals surface area (Å²) in [6.45, 7) is 2.75. The molecular formula is C15H21NO6. The molecule has 1 aromatic rings. The molecule has 1 fully saturated rings. The van der Waals surface area contributed by atoms with E-state index in [0.29, 0.717) is 5.75 Å². The topological polar surface area (TPSA) is 108 Å². The lowest BCUT2D eigenvalue weighted by Crippen LogP contribution is -2.65. The Balaban J connectivity index is 2.18. The minimum Gasteiger partial charge on any atom is -0.463 e. The third-order valence-electron chi connectivity index (χ3n) is 3.52. The fourth-order valence-corrected chi connectivity index (χ4v) is 2.32. The van der Waals surface area contributed by atoms with Crippen LogP contribution < -0.4 is 10.1 Å². The lowest BCUT2D eigenvalue weighted by Gasteiger charge is -2.42. The van der Waals surface area contributed by atoms with Gasteiger partial charge in [0.1, 0.15) is 30.1 Å². The summed E-state index contributed by atoms with van der Waals surface area (Å²) < 4.78 is 11.1. The lowest BCUT2D eigenvalue weighted by atomic mass is 9.97. The first kappa shape index (κ1) is 16.7. The number of carbonyl (C=O) groups is 1.